The van der Waals surface area contributed by atoms with E-state index in [0.717, 1.165) is 30.6 Å². The lowest BCUT2D eigenvalue weighted by Gasteiger charge is -2.32. The normalized spacial score (nSPS) is 16.5. The maximum absolute atomic E-state index is 12.9. The van der Waals surface area contributed by atoms with Crippen LogP contribution in [0.4, 0.5) is 5.95 Å². The summed E-state index contributed by atoms with van der Waals surface area (Å²) >= 11 is 6.13. The molecule has 1 N–H and O–H groups in total. The predicted molar refractivity (Wildman–Crippen MR) is 114 cm³/mol. The first kappa shape index (κ1) is 20.3. The highest BCUT2D eigenvalue weighted by Crippen LogP contribution is 2.26. The summed E-state index contributed by atoms with van der Waals surface area (Å²) in [6.07, 6.45) is 3.53. The fourth-order valence-electron chi connectivity index (χ4n) is 3.77. The molecule has 1 fully saturated rings. The maximum atomic E-state index is 12.9. The van der Waals surface area contributed by atoms with Crippen LogP contribution in [-0.2, 0) is 11.3 Å². The second-order valence-electron chi connectivity index (χ2n) is 7.26. The molecule has 30 heavy (non-hydrogen) atoms. The molecule has 1 aromatic carbocycles. The fourth-order valence-corrected chi connectivity index (χ4v) is 3.93. The van der Waals surface area contributed by atoms with Crippen LogP contribution in [0.3, 0.4) is 0 Å². The van der Waals surface area contributed by atoms with Crippen LogP contribution < -0.4 is 19.7 Å². The zero-order valence-corrected chi connectivity index (χ0v) is 17.7. The Bertz CT molecular complexity index is 1050. The Morgan fingerprint density at radius 2 is 2.10 bits per heavy atom. The second-order valence-corrected chi connectivity index (χ2v) is 7.69. The van der Waals surface area contributed by atoms with Gasteiger partial charge in [0.2, 0.25) is 11.9 Å². The number of hydrogen-bond acceptors (Lipinski definition) is 6. The number of pyridine rings is 1. The molecule has 1 aliphatic rings. The lowest BCUT2D eigenvalue weighted by Crippen LogP contribution is -2.43. The van der Waals surface area contributed by atoms with Gasteiger partial charge in [-0.1, -0.05) is 11.6 Å². The van der Waals surface area contributed by atoms with Crippen molar-refractivity contribution in [2.75, 3.05) is 32.2 Å². The van der Waals surface area contributed by atoms with Crippen LogP contribution in [0.5, 0.6) is 11.5 Å². The minimum atomic E-state index is -0.130. The van der Waals surface area contributed by atoms with Gasteiger partial charge in [-0.2, -0.15) is 0 Å². The Morgan fingerprint density at radius 3 is 2.90 bits per heavy atom. The first-order chi connectivity index (χ1) is 14.6. The number of nitrogens with zero attached hydrogens (tertiary/aromatic N) is 4. The van der Waals surface area contributed by atoms with Gasteiger partial charge in [-0.15, -0.1) is 10.2 Å². The number of amides is 1. The summed E-state index contributed by atoms with van der Waals surface area (Å²) in [7, 11) is 3.21. The van der Waals surface area contributed by atoms with E-state index in [2.05, 4.69) is 20.4 Å². The maximum Gasteiger partial charge on any atom is 0.231 e. The van der Waals surface area contributed by atoms with Gasteiger partial charge in [0.15, 0.2) is 5.65 Å². The highest BCUT2D eigenvalue weighted by atomic mass is 35.5. The molecule has 0 saturated carbocycles. The Hall–Kier alpha value is -3.00. The fraction of sp³-hybridized carbons (Fsp3) is 0.381. The molecule has 0 radical (unpaired) electrons. The summed E-state index contributed by atoms with van der Waals surface area (Å²) in [5.74, 6) is 2.00. The average molecular weight is 430 g/mol. The number of fused-ring (bicyclic) bond motifs is 1. The number of hydrogen-bond donors (Lipinski definition) is 1. The van der Waals surface area contributed by atoms with E-state index in [9.17, 15) is 4.79 Å². The van der Waals surface area contributed by atoms with Crippen molar-refractivity contribution in [3.63, 3.8) is 0 Å². The van der Waals surface area contributed by atoms with E-state index >= 15 is 0 Å². The molecule has 1 unspecified atom stereocenters. The summed E-state index contributed by atoms with van der Waals surface area (Å²) in [6, 6.07) is 9.18. The topological polar surface area (TPSA) is 81.0 Å². The number of ether oxygens (including phenoxy) is 2. The van der Waals surface area contributed by atoms with Crippen molar-refractivity contribution in [1.29, 1.82) is 0 Å². The molecular formula is C21H24ClN5O3. The average Bonchev–Trinajstić information content (AvgIpc) is 3.20. The predicted octanol–water partition coefficient (Wildman–Crippen LogP) is 2.93. The molecule has 4 rings (SSSR count). The number of rotatable bonds is 6. The van der Waals surface area contributed by atoms with Crippen molar-refractivity contribution in [3.05, 3.63) is 47.1 Å². The number of halogens is 1. The SMILES string of the molecule is COc1ccc(CNC(=O)C2CCCN(c3nnc4ccc(Cl)cn34)C2)c(OC)c1. The van der Waals surface area contributed by atoms with Crippen LogP contribution in [0.2, 0.25) is 5.02 Å². The summed E-state index contributed by atoms with van der Waals surface area (Å²) in [5.41, 5.74) is 1.63. The van der Waals surface area contributed by atoms with Crippen LogP contribution in [0.25, 0.3) is 5.65 Å². The third kappa shape index (κ3) is 4.14. The monoisotopic (exact) mass is 429 g/mol. The molecule has 1 aliphatic heterocycles. The lowest BCUT2D eigenvalue weighted by atomic mass is 9.97. The first-order valence-electron chi connectivity index (χ1n) is 9.83. The van der Waals surface area contributed by atoms with Gasteiger partial charge in [-0.25, -0.2) is 0 Å². The van der Waals surface area contributed by atoms with E-state index in [1.54, 1.807) is 26.5 Å². The smallest absolute Gasteiger partial charge is 0.231 e. The molecule has 3 heterocycles. The standard InChI is InChI=1S/C21H24ClN5O3/c1-29-17-7-5-14(18(10-17)30-2)11-23-20(28)15-4-3-9-26(12-15)21-25-24-19-8-6-16(22)13-27(19)21/h5-8,10,13,15H,3-4,9,11-12H2,1-2H3,(H,23,28). The van der Waals surface area contributed by atoms with E-state index in [1.165, 1.54) is 0 Å². The first-order valence-corrected chi connectivity index (χ1v) is 10.2. The third-order valence-corrected chi connectivity index (χ3v) is 5.59. The number of methoxy groups -OCH3 is 2. The number of aromatic nitrogens is 3. The van der Waals surface area contributed by atoms with Crippen molar-refractivity contribution < 1.29 is 14.3 Å². The van der Waals surface area contributed by atoms with Gasteiger partial charge in [0.25, 0.3) is 0 Å². The molecule has 8 nitrogen and oxygen atoms in total. The van der Waals surface area contributed by atoms with Crippen LogP contribution in [0.1, 0.15) is 18.4 Å². The van der Waals surface area contributed by atoms with Crippen molar-refractivity contribution in [2.24, 2.45) is 5.92 Å². The number of piperidine rings is 1. The van der Waals surface area contributed by atoms with Crippen LogP contribution in [0, 0.1) is 5.92 Å². The Morgan fingerprint density at radius 1 is 1.23 bits per heavy atom. The zero-order chi connectivity index (χ0) is 21.1. The lowest BCUT2D eigenvalue weighted by molar-refractivity contribution is -0.125. The minimum Gasteiger partial charge on any atom is -0.497 e. The molecule has 158 valence electrons. The minimum absolute atomic E-state index is 0.0180. The summed E-state index contributed by atoms with van der Waals surface area (Å²) < 4.78 is 12.5. The molecule has 1 atom stereocenters. The van der Waals surface area contributed by atoms with E-state index in [1.807, 2.05) is 28.7 Å². The van der Waals surface area contributed by atoms with Gasteiger partial charge < -0.3 is 19.7 Å². The summed E-state index contributed by atoms with van der Waals surface area (Å²) in [4.78, 5) is 15.0. The number of carbonyl (C=O) groups excluding carboxylic acids is 1. The number of carbonyl (C=O) groups is 1. The van der Waals surface area contributed by atoms with Gasteiger partial charge >= 0.3 is 0 Å². The van der Waals surface area contributed by atoms with E-state index < -0.39 is 0 Å². The molecule has 1 amide bonds. The quantitative estimate of drug-likeness (QED) is 0.648. The Labute approximate surface area is 179 Å². The summed E-state index contributed by atoms with van der Waals surface area (Å²) in [6.45, 7) is 1.80. The van der Waals surface area contributed by atoms with E-state index in [4.69, 9.17) is 21.1 Å². The van der Waals surface area contributed by atoms with E-state index in [-0.39, 0.29) is 11.8 Å². The number of nitrogens with one attached hydrogen (secondary N) is 1. The molecule has 0 spiro atoms. The van der Waals surface area contributed by atoms with Crippen LogP contribution in [-0.4, -0.2) is 47.8 Å². The Kier molecular flexibility index (Phi) is 5.94. The van der Waals surface area contributed by atoms with Gasteiger partial charge in [0.05, 0.1) is 25.2 Å². The van der Waals surface area contributed by atoms with Crippen molar-refractivity contribution in [2.45, 2.75) is 19.4 Å². The van der Waals surface area contributed by atoms with E-state index in [0.29, 0.717) is 35.6 Å². The third-order valence-electron chi connectivity index (χ3n) is 5.37. The molecular weight excluding hydrogens is 406 g/mol. The summed E-state index contributed by atoms with van der Waals surface area (Å²) in [5, 5.41) is 12.2. The van der Waals surface area contributed by atoms with Gasteiger partial charge in [-0.3, -0.25) is 9.20 Å². The molecule has 0 bridgehead atoms. The van der Waals surface area contributed by atoms with Crippen LogP contribution >= 0.6 is 11.6 Å². The van der Waals surface area contributed by atoms with Gasteiger partial charge in [-0.05, 0) is 37.1 Å². The van der Waals surface area contributed by atoms with Crippen molar-refractivity contribution in [3.8, 4) is 11.5 Å². The molecule has 3 aromatic rings. The number of benzene rings is 1. The Balaban J connectivity index is 1.43. The number of anilines is 1. The van der Waals surface area contributed by atoms with Crippen molar-refractivity contribution in [1.82, 2.24) is 19.9 Å². The van der Waals surface area contributed by atoms with Crippen LogP contribution in [0.15, 0.2) is 36.5 Å². The molecule has 1 saturated heterocycles. The van der Waals surface area contributed by atoms with Gasteiger partial charge in [0.1, 0.15) is 11.5 Å². The highest BCUT2D eigenvalue weighted by molar-refractivity contribution is 6.30. The largest absolute Gasteiger partial charge is 0.497 e. The van der Waals surface area contributed by atoms with Crippen molar-refractivity contribution >= 4 is 29.1 Å². The molecule has 0 aliphatic carbocycles. The zero-order valence-electron chi connectivity index (χ0n) is 17.0. The second kappa shape index (κ2) is 8.79. The molecule has 9 heteroatoms. The highest BCUT2D eigenvalue weighted by Gasteiger charge is 2.28. The molecule has 2 aromatic heterocycles. The van der Waals surface area contributed by atoms with Gasteiger partial charge in [0, 0.05) is 37.5 Å².